The van der Waals surface area contributed by atoms with Crippen LogP contribution in [0.2, 0.25) is 5.02 Å². The molecule has 74 valence electrons. The van der Waals surface area contributed by atoms with Gasteiger partial charge in [0.05, 0.1) is 11.6 Å². The maximum atomic E-state index is 13.1. The molecular formula is C12H7ClFN. The van der Waals surface area contributed by atoms with Crippen LogP contribution in [0, 0.1) is 30.1 Å². The first-order valence-corrected chi connectivity index (χ1v) is 4.96. The summed E-state index contributed by atoms with van der Waals surface area (Å²) in [5.74, 6) is 5.78. The van der Waals surface area contributed by atoms with Crippen LogP contribution in [0.15, 0.2) is 12.1 Å². The standard InChI is InChI=1S/C12H7ClFN/c1-15-12-6-9(5-4-8-2-3-8)10(13)7-11(12)14/h6-8H,2-3H2. The van der Waals surface area contributed by atoms with Crippen molar-refractivity contribution in [1.82, 2.24) is 0 Å². The van der Waals surface area contributed by atoms with Crippen LogP contribution in [0.1, 0.15) is 18.4 Å². The van der Waals surface area contributed by atoms with Gasteiger partial charge < -0.3 is 0 Å². The van der Waals surface area contributed by atoms with Crippen LogP contribution in [0.25, 0.3) is 4.85 Å². The molecule has 0 spiro atoms. The average Bonchev–Trinajstić information content (AvgIpc) is 3.00. The van der Waals surface area contributed by atoms with E-state index in [9.17, 15) is 4.39 Å². The van der Waals surface area contributed by atoms with Gasteiger partial charge in [-0.25, -0.2) is 9.24 Å². The Balaban J connectivity index is 2.39. The molecule has 1 saturated carbocycles. The monoisotopic (exact) mass is 219 g/mol. The highest BCUT2D eigenvalue weighted by molar-refractivity contribution is 6.31. The molecule has 3 heteroatoms. The topological polar surface area (TPSA) is 4.36 Å². The fourth-order valence-electron chi connectivity index (χ4n) is 1.13. The van der Waals surface area contributed by atoms with Crippen LogP contribution in [0.4, 0.5) is 10.1 Å². The molecule has 0 bridgehead atoms. The third kappa shape index (κ3) is 2.29. The minimum Gasteiger partial charge on any atom is -0.235 e. The molecule has 1 aromatic carbocycles. The Bertz CT molecular complexity index is 501. The highest BCUT2D eigenvalue weighted by Gasteiger charge is 2.18. The van der Waals surface area contributed by atoms with Crippen LogP contribution in [-0.4, -0.2) is 0 Å². The highest BCUT2D eigenvalue weighted by atomic mass is 35.5. The molecule has 0 saturated heterocycles. The second-order valence-electron chi connectivity index (χ2n) is 3.44. The molecule has 1 fully saturated rings. The van der Waals surface area contributed by atoms with Gasteiger partial charge in [0, 0.05) is 11.5 Å². The van der Waals surface area contributed by atoms with Crippen molar-refractivity contribution in [2.45, 2.75) is 12.8 Å². The highest BCUT2D eigenvalue weighted by Crippen LogP contribution is 2.29. The van der Waals surface area contributed by atoms with E-state index >= 15 is 0 Å². The van der Waals surface area contributed by atoms with Crippen LogP contribution >= 0.6 is 11.6 Å². The van der Waals surface area contributed by atoms with Crippen molar-refractivity contribution in [2.24, 2.45) is 5.92 Å². The molecule has 2 rings (SSSR count). The van der Waals surface area contributed by atoms with Gasteiger partial charge in [-0.2, -0.15) is 0 Å². The van der Waals surface area contributed by atoms with Crippen LogP contribution < -0.4 is 0 Å². The van der Waals surface area contributed by atoms with Gasteiger partial charge in [0.1, 0.15) is 5.82 Å². The van der Waals surface area contributed by atoms with Gasteiger partial charge in [-0.1, -0.05) is 23.4 Å². The van der Waals surface area contributed by atoms with E-state index in [4.69, 9.17) is 18.2 Å². The fraction of sp³-hybridized carbons (Fsp3) is 0.250. The quantitative estimate of drug-likeness (QED) is 0.462. The zero-order valence-electron chi connectivity index (χ0n) is 7.85. The Morgan fingerprint density at radius 3 is 2.80 bits per heavy atom. The predicted molar refractivity (Wildman–Crippen MR) is 57.3 cm³/mol. The fourth-order valence-corrected chi connectivity index (χ4v) is 1.32. The van der Waals surface area contributed by atoms with Gasteiger partial charge in [0.2, 0.25) is 5.69 Å². The molecule has 0 amide bonds. The first-order chi connectivity index (χ1) is 7.20. The van der Waals surface area contributed by atoms with Crippen molar-refractivity contribution in [3.05, 3.63) is 40.0 Å². The summed E-state index contributed by atoms with van der Waals surface area (Å²) in [6, 6.07) is 2.55. The van der Waals surface area contributed by atoms with Gasteiger partial charge in [-0.15, -0.1) is 0 Å². The van der Waals surface area contributed by atoms with Gasteiger partial charge in [-0.05, 0) is 25.0 Å². The van der Waals surface area contributed by atoms with Gasteiger partial charge in [-0.3, -0.25) is 0 Å². The van der Waals surface area contributed by atoms with Gasteiger partial charge >= 0.3 is 0 Å². The van der Waals surface area contributed by atoms with Crippen LogP contribution in [0.5, 0.6) is 0 Å². The van der Waals surface area contributed by atoms with E-state index in [1.54, 1.807) is 0 Å². The molecule has 0 aliphatic heterocycles. The van der Waals surface area contributed by atoms with Crippen molar-refractivity contribution in [3.63, 3.8) is 0 Å². The maximum absolute atomic E-state index is 13.1. The Hall–Kier alpha value is -1.51. The van der Waals surface area contributed by atoms with Crippen LogP contribution in [0.3, 0.4) is 0 Å². The average molecular weight is 220 g/mol. The Kier molecular flexibility index (Phi) is 2.62. The van der Waals surface area contributed by atoms with Crippen LogP contribution in [-0.2, 0) is 0 Å². The zero-order chi connectivity index (χ0) is 10.8. The number of hydrogen-bond donors (Lipinski definition) is 0. The summed E-state index contributed by atoms with van der Waals surface area (Å²) >= 11 is 5.82. The summed E-state index contributed by atoms with van der Waals surface area (Å²) in [6.45, 7) is 6.77. The largest absolute Gasteiger partial charge is 0.235 e. The van der Waals surface area contributed by atoms with E-state index in [-0.39, 0.29) is 10.7 Å². The molecule has 1 aromatic rings. The number of halogens is 2. The molecule has 0 N–H and O–H groups in total. The molecule has 0 heterocycles. The lowest BCUT2D eigenvalue weighted by Gasteiger charge is -1.98. The van der Waals surface area contributed by atoms with E-state index in [2.05, 4.69) is 16.7 Å². The lowest BCUT2D eigenvalue weighted by Crippen LogP contribution is -1.81. The van der Waals surface area contributed by atoms with Gasteiger partial charge in [0.25, 0.3) is 0 Å². The SMILES string of the molecule is [C-]#[N+]c1cc(C#CC2CC2)c(Cl)cc1F. The van der Waals surface area contributed by atoms with E-state index in [0.717, 1.165) is 18.9 Å². The maximum Gasteiger partial charge on any atom is 0.223 e. The zero-order valence-corrected chi connectivity index (χ0v) is 8.61. The number of benzene rings is 1. The summed E-state index contributed by atoms with van der Waals surface area (Å²) in [5, 5.41) is 0.271. The molecule has 1 aliphatic carbocycles. The van der Waals surface area contributed by atoms with Crippen molar-refractivity contribution in [1.29, 1.82) is 0 Å². The number of nitrogens with zero attached hydrogens (tertiary/aromatic N) is 1. The summed E-state index contributed by atoms with van der Waals surface area (Å²) in [5.41, 5.74) is 0.510. The third-order valence-corrected chi connectivity index (χ3v) is 2.46. The van der Waals surface area contributed by atoms with E-state index in [1.165, 1.54) is 6.07 Å². The third-order valence-electron chi connectivity index (χ3n) is 2.15. The lowest BCUT2D eigenvalue weighted by molar-refractivity contribution is 0.633. The Labute approximate surface area is 92.7 Å². The van der Waals surface area contributed by atoms with E-state index < -0.39 is 5.82 Å². The Morgan fingerprint density at radius 2 is 2.20 bits per heavy atom. The number of rotatable bonds is 0. The minimum atomic E-state index is -0.591. The summed E-state index contributed by atoms with van der Waals surface area (Å²) in [7, 11) is 0. The second kappa shape index (κ2) is 3.93. The number of hydrogen-bond acceptors (Lipinski definition) is 0. The molecule has 0 atom stereocenters. The van der Waals surface area contributed by atoms with Crippen molar-refractivity contribution in [3.8, 4) is 11.8 Å². The first kappa shape index (κ1) is 10.0. The molecule has 0 aromatic heterocycles. The first-order valence-electron chi connectivity index (χ1n) is 4.59. The normalized spacial score (nSPS) is 13.9. The summed E-state index contributed by atoms with van der Waals surface area (Å²) in [6.07, 6.45) is 2.25. The minimum absolute atomic E-state index is 0.0282. The summed E-state index contributed by atoms with van der Waals surface area (Å²) < 4.78 is 13.1. The molecule has 1 aliphatic rings. The lowest BCUT2D eigenvalue weighted by atomic mass is 10.2. The molecule has 0 radical (unpaired) electrons. The smallest absolute Gasteiger partial charge is 0.223 e. The molecule has 0 unspecified atom stereocenters. The summed E-state index contributed by atoms with van der Waals surface area (Å²) in [4.78, 5) is 3.06. The van der Waals surface area contributed by atoms with Crippen molar-refractivity contribution in [2.75, 3.05) is 0 Å². The predicted octanol–water partition coefficient (Wildman–Crippen LogP) is 3.79. The van der Waals surface area contributed by atoms with Gasteiger partial charge in [0.15, 0.2) is 0 Å². The molecule has 15 heavy (non-hydrogen) atoms. The Morgan fingerprint density at radius 1 is 1.47 bits per heavy atom. The van der Waals surface area contributed by atoms with Crippen molar-refractivity contribution >= 4 is 17.3 Å². The van der Waals surface area contributed by atoms with E-state index in [0.29, 0.717) is 11.5 Å². The second-order valence-corrected chi connectivity index (χ2v) is 3.85. The molecular weight excluding hydrogens is 213 g/mol. The molecule has 1 nitrogen and oxygen atoms in total. The van der Waals surface area contributed by atoms with Crippen molar-refractivity contribution < 1.29 is 4.39 Å². The van der Waals surface area contributed by atoms with E-state index in [1.807, 2.05) is 0 Å².